The Balaban J connectivity index is 0.00000280. The van der Waals surface area contributed by atoms with E-state index >= 15 is 0 Å². The number of morpholine rings is 1. The Morgan fingerprint density at radius 1 is 1.25 bits per heavy atom. The van der Waals surface area contributed by atoms with E-state index in [1.54, 1.807) is 25.2 Å². The molecule has 2 N–H and O–H groups in total. The first-order valence-electron chi connectivity index (χ1n) is 9.63. The summed E-state index contributed by atoms with van der Waals surface area (Å²) in [5, 5.41) is 5.94. The van der Waals surface area contributed by atoms with Crippen LogP contribution in [0.5, 0.6) is 0 Å². The predicted molar refractivity (Wildman–Crippen MR) is 111 cm³/mol. The van der Waals surface area contributed by atoms with Gasteiger partial charge in [0.25, 0.3) is 0 Å². The van der Waals surface area contributed by atoms with Crippen molar-refractivity contribution in [3.05, 3.63) is 24.3 Å². The van der Waals surface area contributed by atoms with Gasteiger partial charge < -0.3 is 15.4 Å². The van der Waals surface area contributed by atoms with Crippen molar-refractivity contribution >= 4 is 34.0 Å². The Kier molecular flexibility index (Phi) is 8.27. The van der Waals surface area contributed by atoms with Crippen LogP contribution in [0.1, 0.15) is 39.0 Å². The Morgan fingerprint density at radius 2 is 1.96 bits per heavy atom. The summed E-state index contributed by atoms with van der Waals surface area (Å²) in [6, 6.07) is 6.06. The number of rotatable bonds is 5. The number of hydrogen-bond acceptors (Lipinski definition) is 5. The molecule has 9 heteroatoms. The quantitative estimate of drug-likeness (QED) is 0.747. The summed E-state index contributed by atoms with van der Waals surface area (Å²) in [6.07, 6.45) is 4.87. The zero-order valence-electron chi connectivity index (χ0n) is 16.4. The topological polar surface area (TPSA) is 87.7 Å². The summed E-state index contributed by atoms with van der Waals surface area (Å²) < 4.78 is 33.0. The second kappa shape index (κ2) is 10.0. The molecule has 1 aromatic carbocycles. The number of nitrogens with one attached hydrogen (secondary N) is 2. The van der Waals surface area contributed by atoms with Crippen molar-refractivity contribution in [3.63, 3.8) is 0 Å². The van der Waals surface area contributed by atoms with Gasteiger partial charge in [0.15, 0.2) is 0 Å². The number of ether oxygens (including phenoxy) is 1. The molecule has 0 aromatic heterocycles. The molecule has 3 rings (SSSR count). The van der Waals surface area contributed by atoms with Gasteiger partial charge >= 0.3 is 0 Å². The van der Waals surface area contributed by atoms with Crippen molar-refractivity contribution in [3.8, 4) is 0 Å². The summed E-state index contributed by atoms with van der Waals surface area (Å²) in [7, 11) is -1.94. The summed E-state index contributed by atoms with van der Waals surface area (Å²) in [5.41, 5.74) is 0.470. The van der Waals surface area contributed by atoms with Crippen LogP contribution < -0.4 is 10.6 Å². The van der Waals surface area contributed by atoms with Gasteiger partial charge in [0, 0.05) is 25.3 Å². The number of carbonyl (C=O) groups excluding carboxylic acids is 1. The number of amides is 1. The molecule has 1 saturated carbocycles. The maximum atomic E-state index is 13.0. The zero-order valence-corrected chi connectivity index (χ0v) is 18.0. The van der Waals surface area contributed by atoms with Gasteiger partial charge in [-0.15, -0.1) is 12.4 Å². The van der Waals surface area contributed by atoms with Crippen LogP contribution in [-0.2, 0) is 19.6 Å². The number of hydrogen-bond donors (Lipinski definition) is 2. The van der Waals surface area contributed by atoms with Crippen LogP contribution in [0.15, 0.2) is 29.2 Å². The van der Waals surface area contributed by atoms with Crippen LogP contribution in [0.4, 0.5) is 5.69 Å². The van der Waals surface area contributed by atoms with E-state index in [0.29, 0.717) is 18.8 Å². The van der Waals surface area contributed by atoms with E-state index in [1.165, 1.54) is 16.8 Å². The lowest BCUT2D eigenvalue weighted by Crippen LogP contribution is -2.53. The number of halogens is 1. The molecular formula is C19H30ClN3O4S. The fourth-order valence-electron chi connectivity index (χ4n) is 3.79. The molecule has 0 unspecified atom stereocenters. The summed E-state index contributed by atoms with van der Waals surface area (Å²) in [6.45, 7) is 3.03. The monoisotopic (exact) mass is 431 g/mol. The zero-order chi connectivity index (χ0) is 19.4. The third kappa shape index (κ3) is 5.24. The van der Waals surface area contributed by atoms with Crippen molar-refractivity contribution in [2.75, 3.05) is 25.5 Å². The highest BCUT2D eigenvalue weighted by Crippen LogP contribution is 2.27. The molecule has 2 aliphatic rings. The lowest BCUT2D eigenvalue weighted by molar-refractivity contribution is -0.123. The van der Waals surface area contributed by atoms with E-state index in [-0.39, 0.29) is 35.4 Å². The standard InChI is InChI=1S/C19H29N3O4S.ClH/c1-14-18(20-11-12-26-14)19(23)21-15-7-6-10-17(13-15)27(24,25)22(2)16-8-4-3-5-9-16;/h6-7,10,13-14,16,18,20H,3-5,8-9,11-12H2,1-2H3,(H,21,23);1H/t14-,18+;/m1./s1. The minimum Gasteiger partial charge on any atom is -0.375 e. The molecule has 0 radical (unpaired) electrons. The second-order valence-corrected chi connectivity index (χ2v) is 9.34. The molecule has 0 bridgehead atoms. The van der Waals surface area contributed by atoms with Crippen molar-refractivity contribution in [1.82, 2.24) is 9.62 Å². The van der Waals surface area contributed by atoms with Crippen molar-refractivity contribution < 1.29 is 17.9 Å². The molecule has 1 aromatic rings. The molecule has 0 spiro atoms. The van der Waals surface area contributed by atoms with Crippen LogP contribution in [0.2, 0.25) is 0 Å². The van der Waals surface area contributed by atoms with Gasteiger partial charge in [0.2, 0.25) is 15.9 Å². The van der Waals surface area contributed by atoms with Gasteiger partial charge in [-0.05, 0) is 38.0 Å². The summed E-state index contributed by atoms with van der Waals surface area (Å²) in [5.74, 6) is -0.225. The van der Waals surface area contributed by atoms with Gasteiger partial charge in [-0.25, -0.2) is 8.42 Å². The maximum absolute atomic E-state index is 13.0. The smallest absolute Gasteiger partial charge is 0.244 e. The van der Waals surface area contributed by atoms with Crippen LogP contribution in [0, 0.1) is 0 Å². The Hall–Kier alpha value is -1.19. The Morgan fingerprint density at radius 3 is 2.64 bits per heavy atom. The number of sulfonamides is 1. The fraction of sp³-hybridized carbons (Fsp3) is 0.632. The van der Waals surface area contributed by atoms with Crippen LogP contribution in [0.25, 0.3) is 0 Å². The van der Waals surface area contributed by atoms with Gasteiger partial charge in [-0.2, -0.15) is 4.31 Å². The molecule has 1 aliphatic carbocycles. The summed E-state index contributed by atoms with van der Waals surface area (Å²) >= 11 is 0. The molecule has 1 saturated heterocycles. The number of benzene rings is 1. The number of nitrogens with zero attached hydrogens (tertiary/aromatic N) is 1. The Labute approximate surface area is 173 Å². The van der Waals surface area contributed by atoms with E-state index < -0.39 is 16.1 Å². The largest absolute Gasteiger partial charge is 0.375 e. The van der Waals surface area contributed by atoms with Crippen molar-refractivity contribution in [1.29, 1.82) is 0 Å². The van der Waals surface area contributed by atoms with Gasteiger partial charge in [-0.1, -0.05) is 25.3 Å². The van der Waals surface area contributed by atoms with E-state index in [0.717, 1.165) is 25.7 Å². The van der Waals surface area contributed by atoms with Crippen molar-refractivity contribution in [2.24, 2.45) is 0 Å². The normalized spacial score (nSPS) is 23.8. The van der Waals surface area contributed by atoms with Crippen LogP contribution in [0.3, 0.4) is 0 Å². The number of anilines is 1. The van der Waals surface area contributed by atoms with E-state index in [9.17, 15) is 13.2 Å². The van der Waals surface area contributed by atoms with E-state index in [4.69, 9.17) is 4.74 Å². The molecule has 28 heavy (non-hydrogen) atoms. The average Bonchev–Trinajstić information content (AvgIpc) is 2.68. The maximum Gasteiger partial charge on any atom is 0.244 e. The molecule has 1 heterocycles. The molecule has 2 atom stereocenters. The molecule has 7 nitrogen and oxygen atoms in total. The van der Waals surface area contributed by atoms with Gasteiger partial charge in [0.05, 0.1) is 17.6 Å². The minimum absolute atomic E-state index is 0. The lowest BCUT2D eigenvalue weighted by Gasteiger charge is -2.30. The predicted octanol–water partition coefficient (Wildman–Crippen LogP) is 2.38. The first-order valence-corrected chi connectivity index (χ1v) is 11.1. The fourth-order valence-corrected chi connectivity index (χ4v) is 5.25. The molecule has 1 aliphatic heterocycles. The lowest BCUT2D eigenvalue weighted by atomic mass is 9.96. The highest BCUT2D eigenvalue weighted by atomic mass is 35.5. The SMILES string of the molecule is C[C@H]1OCCN[C@@H]1C(=O)Nc1cccc(S(=O)(=O)N(C)C2CCCCC2)c1.Cl. The first-order chi connectivity index (χ1) is 12.9. The average molecular weight is 432 g/mol. The third-order valence-corrected chi connectivity index (χ3v) is 7.37. The highest BCUT2D eigenvalue weighted by Gasteiger charge is 2.30. The second-order valence-electron chi connectivity index (χ2n) is 7.34. The minimum atomic E-state index is -3.59. The summed E-state index contributed by atoms with van der Waals surface area (Å²) in [4.78, 5) is 12.7. The van der Waals surface area contributed by atoms with E-state index in [1.807, 2.05) is 6.92 Å². The van der Waals surface area contributed by atoms with E-state index in [2.05, 4.69) is 10.6 Å². The molecule has 1 amide bonds. The van der Waals surface area contributed by atoms with Crippen molar-refractivity contribution in [2.45, 2.75) is 62.1 Å². The van der Waals surface area contributed by atoms with Crippen LogP contribution in [-0.4, -0.2) is 57.0 Å². The molecule has 2 fully saturated rings. The third-order valence-electron chi connectivity index (χ3n) is 5.47. The highest BCUT2D eigenvalue weighted by molar-refractivity contribution is 7.89. The van der Waals surface area contributed by atoms with Gasteiger partial charge in [0.1, 0.15) is 6.04 Å². The van der Waals surface area contributed by atoms with Gasteiger partial charge in [-0.3, -0.25) is 4.79 Å². The molecular weight excluding hydrogens is 402 g/mol. The first kappa shape index (κ1) is 23.1. The molecule has 158 valence electrons. The number of carbonyl (C=O) groups is 1. The van der Waals surface area contributed by atoms with Crippen LogP contribution >= 0.6 is 12.4 Å². The Bertz CT molecular complexity index is 768.